The molecule has 1 atom stereocenters. The molecule has 4 heteroatoms. The number of hydrogen-bond acceptors (Lipinski definition) is 2. The Morgan fingerprint density at radius 1 is 1.44 bits per heavy atom. The molecule has 1 saturated carbocycles. The van der Waals surface area contributed by atoms with Crippen molar-refractivity contribution in [3.05, 3.63) is 0 Å². The van der Waals surface area contributed by atoms with Crippen molar-refractivity contribution in [3.63, 3.8) is 0 Å². The first-order valence-corrected chi connectivity index (χ1v) is 6.40. The van der Waals surface area contributed by atoms with Crippen LogP contribution < -0.4 is 11.1 Å². The van der Waals surface area contributed by atoms with E-state index in [0.29, 0.717) is 18.6 Å². The molecule has 0 spiro atoms. The summed E-state index contributed by atoms with van der Waals surface area (Å²) in [6.07, 6.45) is 6.29. The van der Waals surface area contributed by atoms with E-state index >= 15 is 0 Å². The molecular weight excluding hydrogens is 202 g/mol. The predicted molar refractivity (Wildman–Crippen MR) is 67.6 cm³/mol. The Morgan fingerprint density at radius 2 is 2.12 bits per heavy atom. The SMILES string of the molecule is CCOCC(C)NC(N)=NC1CCCCC1. The van der Waals surface area contributed by atoms with Crippen molar-refractivity contribution in [2.24, 2.45) is 10.7 Å². The van der Waals surface area contributed by atoms with E-state index in [9.17, 15) is 0 Å². The maximum atomic E-state index is 5.86. The van der Waals surface area contributed by atoms with E-state index in [-0.39, 0.29) is 6.04 Å². The molecule has 0 aromatic rings. The lowest BCUT2D eigenvalue weighted by molar-refractivity contribution is 0.132. The maximum absolute atomic E-state index is 5.86. The first-order chi connectivity index (χ1) is 7.72. The number of aliphatic imine (C=N–C) groups is 1. The average molecular weight is 227 g/mol. The zero-order valence-corrected chi connectivity index (χ0v) is 10.5. The Kier molecular flexibility index (Phi) is 6.23. The molecule has 1 aliphatic rings. The first kappa shape index (κ1) is 13.3. The lowest BCUT2D eigenvalue weighted by atomic mass is 9.96. The summed E-state index contributed by atoms with van der Waals surface area (Å²) in [7, 11) is 0. The molecule has 1 unspecified atom stereocenters. The van der Waals surface area contributed by atoms with E-state index in [0.717, 1.165) is 6.61 Å². The second-order valence-corrected chi connectivity index (χ2v) is 4.51. The number of nitrogens with one attached hydrogen (secondary N) is 1. The number of rotatable bonds is 5. The van der Waals surface area contributed by atoms with E-state index in [1.807, 2.05) is 6.92 Å². The monoisotopic (exact) mass is 227 g/mol. The minimum Gasteiger partial charge on any atom is -0.380 e. The van der Waals surface area contributed by atoms with Gasteiger partial charge in [-0.1, -0.05) is 19.3 Å². The maximum Gasteiger partial charge on any atom is 0.189 e. The van der Waals surface area contributed by atoms with Crippen LogP contribution >= 0.6 is 0 Å². The fraction of sp³-hybridized carbons (Fsp3) is 0.917. The fourth-order valence-corrected chi connectivity index (χ4v) is 2.03. The normalized spacial score (nSPS) is 20.8. The van der Waals surface area contributed by atoms with Gasteiger partial charge in [0.05, 0.1) is 12.6 Å². The summed E-state index contributed by atoms with van der Waals surface area (Å²) < 4.78 is 5.31. The van der Waals surface area contributed by atoms with E-state index in [2.05, 4.69) is 17.2 Å². The Bertz CT molecular complexity index is 212. The molecule has 0 heterocycles. The van der Waals surface area contributed by atoms with Crippen molar-refractivity contribution in [2.45, 2.75) is 58.0 Å². The van der Waals surface area contributed by atoms with Crippen molar-refractivity contribution in [2.75, 3.05) is 13.2 Å². The highest BCUT2D eigenvalue weighted by Crippen LogP contribution is 2.19. The van der Waals surface area contributed by atoms with Crippen LogP contribution in [0.3, 0.4) is 0 Å². The summed E-state index contributed by atoms with van der Waals surface area (Å²) in [6.45, 7) is 5.47. The lowest BCUT2D eigenvalue weighted by Crippen LogP contribution is -2.41. The molecule has 0 aromatic carbocycles. The molecule has 0 radical (unpaired) electrons. The van der Waals surface area contributed by atoms with Gasteiger partial charge in [-0.25, -0.2) is 0 Å². The lowest BCUT2D eigenvalue weighted by Gasteiger charge is -2.20. The van der Waals surface area contributed by atoms with Gasteiger partial charge in [-0.05, 0) is 26.7 Å². The molecule has 94 valence electrons. The van der Waals surface area contributed by atoms with E-state index in [1.165, 1.54) is 32.1 Å². The topological polar surface area (TPSA) is 59.6 Å². The van der Waals surface area contributed by atoms with Gasteiger partial charge in [0.25, 0.3) is 0 Å². The minimum absolute atomic E-state index is 0.229. The number of nitrogens with zero attached hydrogens (tertiary/aromatic N) is 1. The van der Waals surface area contributed by atoms with Crippen molar-refractivity contribution in [3.8, 4) is 0 Å². The predicted octanol–water partition coefficient (Wildman–Crippen LogP) is 1.65. The van der Waals surface area contributed by atoms with Crippen LogP contribution in [-0.2, 0) is 4.74 Å². The molecule has 0 saturated heterocycles. The highest BCUT2D eigenvalue weighted by atomic mass is 16.5. The Labute approximate surface area is 98.6 Å². The molecule has 0 amide bonds. The van der Waals surface area contributed by atoms with Crippen molar-refractivity contribution < 1.29 is 4.74 Å². The molecule has 0 aliphatic heterocycles. The molecule has 4 nitrogen and oxygen atoms in total. The number of nitrogens with two attached hydrogens (primary N) is 1. The summed E-state index contributed by atoms with van der Waals surface area (Å²) in [5.74, 6) is 0.569. The van der Waals surface area contributed by atoms with Crippen LogP contribution in [0.1, 0.15) is 46.0 Å². The van der Waals surface area contributed by atoms with Crippen LogP contribution in [0.15, 0.2) is 4.99 Å². The Morgan fingerprint density at radius 3 is 2.75 bits per heavy atom. The van der Waals surface area contributed by atoms with Gasteiger partial charge in [0.2, 0.25) is 0 Å². The van der Waals surface area contributed by atoms with Gasteiger partial charge in [0.15, 0.2) is 5.96 Å². The van der Waals surface area contributed by atoms with Crippen LogP contribution in [0.5, 0.6) is 0 Å². The summed E-state index contributed by atoms with van der Waals surface area (Å²) in [5.41, 5.74) is 5.86. The molecule has 16 heavy (non-hydrogen) atoms. The van der Waals surface area contributed by atoms with Crippen LogP contribution in [0.4, 0.5) is 0 Å². The summed E-state index contributed by atoms with van der Waals surface area (Å²) in [5, 5.41) is 3.16. The van der Waals surface area contributed by atoms with Gasteiger partial charge in [-0.2, -0.15) is 0 Å². The minimum atomic E-state index is 0.229. The van der Waals surface area contributed by atoms with Crippen LogP contribution in [0, 0.1) is 0 Å². The van der Waals surface area contributed by atoms with Gasteiger partial charge in [0, 0.05) is 12.6 Å². The van der Waals surface area contributed by atoms with Crippen LogP contribution in [0.25, 0.3) is 0 Å². The molecule has 1 rings (SSSR count). The van der Waals surface area contributed by atoms with Crippen molar-refractivity contribution >= 4 is 5.96 Å². The molecule has 0 aromatic heterocycles. The standard InChI is InChI=1S/C12H25N3O/c1-3-16-9-10(2)14-12(13)15-11-7-5-4-6-8-11/h10-11H,3-9H2,1-2H3,(H3,13,14,15). The summed E-state index contributed by atoms with van der Waals surface area (Å²) >= 11 is 0. The molecule has 1 fully saturated rings. The Hall–Kier alpha value is -0.770. The quantitative estimate of drug-likeness (QED) is 0.554. The van der Waals surface area contributed by atoms with Crippen LogP contribution in [-0.4, -0.2) is 31.3 Å². The number of ether oxygens (including phenoxy) is 1. The molecule has 1 aliphatic carbocycles. The van der Waals surface area contributed by atoms with E-state index < -0.39 is 0 Å². The summed E-state index contributed by atoms with van der Waals surface area (Å²) in [6, 6.07) is 0.660. The molecular formula is C12H25N3O. The summed E-state index contributed by atoms with van der Waals surface area (Å²) in [4.78, 5) is 4.51. The number of hydrogen-bond donors (Lipinski definition) is 2. The largest absolute Gasteiger partial charge is 0.380 e. The smallest absolute Gasteiger partial charge is 0.189 e. The van der Waals surface area contributed by atoms with Gasteiger partial charge >= 0.3 is 0 Å². The van der Waals surface area contributed by atoms with E-state index in [4.69, 9.17) is 10.5 Å². The Balaban J connectivity index is 2.26. The van der Waals surface area contributed by atoms with Gasteiger partial charge < -0.3 is 15.8 Å². The highest BCUT2D eigenvalue weighted by Gasteiger charge is 2.12. The van der Waals surface area contributed by atoms with Gasteiger partial charge in [0.1, 0.15) is 0 Å². The van der Waals surface area contributed by atoms with Crippen LogP contribution in [0.2, 0.25) is 0 Å². The third-order valence-electron chi connectivity index (χ3n) is 2.86. The van der Waals surface area contributed by atoms with E-state index in [1.54, 1.807) is 0 Å². The second kappa shape index (κ2) is 7.49. The average Bonchev–Trinajstić information content (AvgIpc) is 2.27. The third-order valence-corrected chi connectivity index (χ3v) is 2.86. The third kappa shape index (κ3) is 5.35. The fourth-order valence-electron chi connectivity index (χ4n) is 2.03. The molecule has 0 bridgehead atoms. The van der Waals surface area contributed by atoms with Crippen molar-refractivity contribution in [1.82, 2.24) is 5.32 Å². The second-order valence-electron chi connectivity index (χ2n) is 4.51. The highest BCUT2D eigenvalue weighted by molar-refractivity contribution is 5.78. The number of guanidine groups is 1. The molecule has 3 N–H and O–H groups in total. The zero-order valence-electron chi connectivity index (χ0n) is 10.5. The zero-order chi connectivity index (χ0) is 11.8. The van der Waals surface area contributed by atoms with Gasteiger partial charge in [-0.15, -0.1) is 0 Å². The van der Waals surface area contributed by atoms with Crippen molar-refractivity contribution in [1.29, 1.82) is 0 Å². The van der Waals surface area contributed by atoms with Gasteiger partial charge in [-0.3, -0.25) is 4.99 Å². The first-order valence-electron chi connectivity index (χ1n) is 6.40.